The standard InChI is InChI=1S/C19H11F6NO3/c20-18(21,22)28-14-5-1-11(2-6-14)13-9-16(17(27)26-10-13)12-3-7-15(8-4-12)29-19(23,24)25/h1-10H,(H,26,27). The van der Waals surface area contributed by atoms with Crippen molar-refractivity contribution < 1.29 is 35.8 Å². The van der Waals surface area contributed by atoms with Crippen LogP contribution in [-0.2, 0) is 0 Å². The first-order valence-corrected chi connectivity index (χ1v) is 7.95. The number of H-pyrrole nitrogens is 1. The van der Waals surface area contributed by atoms with Gasteiger partial charge in [-0.2, -0.15) is 0 Å². The maximum absolute atomic E-state index is 12.2. The summed E-state index contributed by atoms with van der Waals surface area (Å²) in [5.41, 5.74) is 0.981. The molecule has 0 atom stereocenters. The molecule has 0 bridgehead atoms. The van der Waals surface area contributed by atoms with Crippen LogP contribution in [0.1, 0.15) is 0 Å². The second-order valence-corrected chi connectivity index (χ2v) is 5.78. The number of halogens is 6. The molecule has 0 aliphatic carbocycles. The van der Waals surface area contributed by atoms with E-state index in [2.05, 4.69) is 14.5 Å². The molecule has 4 nitrogen and oxygen atoms in total. The van der Waals surface area contributed by atoms with Gasteiger partial charge in [-0.15, -0.1) is 26.3 Å². The Kier molecular flexibility index (Phi) is 5.27. The smallest absolute Gasteiger partial charge is 0.406 e. The number of hydrogen-bond acceptors (Lipinski definition) is 3. The minimum Gasteiger partial charge on any atom is -0.406 e. The molecule has 0 spiro atoms. The van der Waals surface area contributed by atoms with Crippen LogP contribution in [0, 0.1) is 0 Å². The minimum atomic E-state index is -4.83. The van der Waals surface area contributed by atoms with Gasteiger partial charge in [-0.1, -0.05) is 24.3 Å². The van der Waals surface area contributed by atoms with E-state index in [0.717, 1.165) is 24.3 Å². The molecule has 1 aromatic heterocycles. The van der Waals surface area contributed by atoms with Crippen LogP contribution in [0.2, 0.25) is 0 Å². The predicted octanol–water partition coefficient (Wildman–Crippen LogP) is 5.51. The molecule has 2 aromatic carbocycles. The molecule has 1 heterocycles. The first kappa shape index (κ1) is 20.3. The number of nitrogens with one attached hydrogen (secondary N) is 1. The van der Waals surface area contributed by atoms with Crippen LogP contribution in [-0.4, -0.2) is 17.7 Å². The highest BCUT2D eigenvalue weighted by molar-refractivity contribution is 5.72. The largest absolute Gasteiger partial charge is 0.573 e. The molecule has 0 aliphatic rings. The van der Waals surface area contributed by atoms with Gasteiger partial charge in [0.25, 0.3) is 5.56 Å². The third-order valence-electron chi connectivity index (χ3n) is 3.72. The van der Waals surface area contributed by atoms with E-state index in [1.165, 1.54) is 36.5 Å². The summed E-state index contributed by atoms with van der Waals surface area (Å²) < 4.78 is 81.0. The molecule has 0 saturated carbocycles. The first-order valence-electron chi connectivity index (χ1n) is 7.95. The maximum atomic E-state index is 12.2. The first-order chi connectivity index (χ1) is 13.5. The van der Waals surface area contributed by atoms with Crippen molar-refractivity contribution in [3.63, 3.8) is 0 Å². The van der Waals surface area contributed by atoms with Gasteiger partial charge in [0.05, 0.1) is 0 Å². The molecule has 152 valence electrons. The Hall–Kier alpha value is -3.43. The van der Waals surface area contributed by atoms with E-state index in [0.29, 0.717) is 16.7 Å². The molecule has 3 rings (SSSR count). The molecule has 0 amide bonds. The van der Waals surface area contributed by atoms with Crippen molar-refractivity contribution in [3.05, 3.63) is 71.1 Å². The second kappa shape index (κ2) is 7.53. The normalized spacial score (nSPS) is 11.9. The van der Waals surface area contributed by atoms with Crippen molar-refractivity contribution in [1.29, 1.82) is 0 Å². The molecule has 29 heavy (non-hydrogen) atoms. The summed E-state index contributed by atoms with van der Waals surface area (Å²) in [5, 5.41) is 0. The molecule has 10 heteroatoms. The molecule has 0 aliphatic heterocycles. The Morgan fingerprint density at radius 1 is 0.655 bits per heavy atom. The zero-order valence-electron chi connectivity index (χ0n) is 14.3. The summed E-state index contributed by atoms with van der Waals surface area (Å²) in [6.45, 7) is 0. The van der Waals surface area contributed by atoms with Crippen molar-refractivity contribution >= 4 is 0 Å². The topological polar surface area (TPSA) is 51.3 Å². The summed E-state index contributed by atoms with van der Waals surface area (Å²) in [4.78, 5) is 14.6. The van der Waals surface area contributed by atoms with Gasteiger partial charge in [-0.25, -0.2) is 0 Å². The van der Waals surface area contributed by atoms with Crippen molar-refractivity contribution in [2.75, 3.05) is 0 Å². The van der Waals surface area contributed by atoms with E-state index in [4.69, 9.17) is 0 Å². The van der Waals surface area contributed by atoms with Crippen LogP contribution in [0.3, 0.4) is 0 Å². The lowest BCUT2D eigenvalue weighted by Crippen LogP contribution is -2.17. The van der Waals surface area contributed by atoms with E-state index in [-0.39, 0.29) is 5.56 Å². The Labute approximate surface area is 159 Å². The zero-order chi connectivity index (χ0) is 21.2. The molecular formula is C19H11F6NO3. The van der Waals surface area contributed by atoms with Gasteiger partial charge in [0.15, 0.2) is 0 Å². The Morgan fingerprint density at radius 3 is 1.55 bits per heavy atom. The van der Waals surface area contributed by atoms with Gasteiger partial charge in [0, 0.05) is 11.8 Å². The Balaban J connectivity index is 1.88. The number of aromatic nitrogens is 1. The lowest BCUT2D eigenvalue weighted by molar-refractivity contribution is -0.275. The highest BCUT2D eigenvalue weighted by atomic mass is 19.4. The van der Waals surface area contributed by atoms with E-state index in [9.17, 15) is 31.1 Å². The Bertz CT molecular complexity index is 1040. The monoisotopic (exact) mass is 415 g/mol. The number of alkyl halides is 6. The number of benzene rings is 2. The van der Waals surface area contributed by atoms with E-state index in [1.54, 1.807) is 0 Å². The summed E-state index contributed by atoms with van der Waals surface area (Å²) in [6.07, 6.45) is -8.28. The van der Waals surface area contributed by atoms with E-state index in [1.807, 2.05) is 0 Å². The van der Waals surface area contributed by atoms with Crippen molar-refractivity contribution in [2.24, 2.45) is 0 Å². The molecule has 0 radical (unpaired) electrons. The SMILES string of the molecule is O=c1[nH]cc(-c2ccc(OC(F)(F)F)cc2)cc1-c1ccc(OC(F)(F)F)cc1. The molecular weight excluding hydrogens is 404 g/mol. The van der Waals surface area contributed by atoms with Crippen LogP contribution in [0.25, 0.3) is 22.3 Å². The average Bonchev–Trinajstić information content (AvgIpc) is 2.61. The van der Waals surface area contributed by atoms with Crippen LogP contribution in [0.4, 0.5) is 26.3 Å². The molecule has 0 fully saturated rings. The molecule has 1 N–H and O–H groups in total. The number of pyridine rings is 1. The third kappa shape index (κ3) is 5.53. The lowest BCUT2D eigenvalue weighted by atomic mass is 10.0. The fourth-order valence-corrected chi connectivity index (χ4v) is 2.55. The summed E-state index contributed by atoms with van der Waals surface area (Å²) in [5.74, 6) is -0.833. The van der Waals surface area contributed by atoms with Gasteiger partial charge in [-0.3, -0.25) is 4.79 Å². The average molecular weight is 415 g/mol. The maximum Gasteiger partial charge on any atom is 0.573 e. The van der Waals surface area contributed by atoms with Gasteiger partial charge in [-0.05, 0) is 47.0 Å². The predicted molar refractivity (Wildman–Crippen MR) is 91.3 cm³/mol. The van der Waals surface area contributed by atoms with Gasteiger partial charge in [0.1, 0.15) is 11.5 Å². The van der Waals surface area contributed by atoms with E-state index < -0.39 is 29.8 Å². The highest BCUT2D eigenvalue weighted by Gasteiger charge is 2.31. The van der Waals surface area contributed by atoms with Crippen molar-refractivity contribution in [2.45, 2.75) is 12.7 Å². The number of hydrogen-bond donors (Lipinski definition) is 1. The lowest BCUT2D eigenvalue weighted by Gasteiger charge is -2.10. The van der Waals surface area contributed by atoms with Gasteiger partial charge < -0.3 is 14.5 Å². The molecule has 0 saturated heterocycles. The van der Waals surface area contributed by atoms with Gasteiger partial charge in [0.2, 0.25) is 0 Å². The van der Waals surface area contributed by atoms with E-state index >= 15 is 0 Å². The fraction of sp³-hybridized carbons (Fsp3) is 0.105. The highest BCUT2D eigenvalue weighted by Crippen LogP contribution is 2.29. The summed E-state index contributed by atoms with van der Waals surface area (Å²) >= 11 is 0. The molecule has 3 aromatic rings. The summed E-state index contributed by atoms with van der Waals surface area (Å²) in [7, 11) is 0. The van der Waals surface area contributed by atoms with Crippen LogP contribution in [0.15, 0.2) is 65.6 Å². The van der Waals surface area contributed by atoms with Crippen LogP contribution >= 0.6 is 0 Å². The number of rotatable bonds is 4. The number of ether oxygens (including phenoxy) is 2. The Morgan fingerprint density at radius 2 is 1.10 bits per heavy atom. The quantitative estimate of drug-likeness (QED) is 0.572. The number of aromatic amines is 1. The fourth-order valence-electron chi connectivity index (χ4n) is 2.55. The van der Waals surface area contributed by atoms with Crippen LogP contribution < -0.4 is 15.0 Å². The van der Waals surface area contributed by atoms with Crippen molar-refractivity contribution in [1.82, 2.24) is 4.98 Å². The molecule has 0 unspecified atom stereocenters. The van der Waals surface area contributed by atoms with Gasteiger partial charge >= 0.3 is 12.7 Å². The van der Waals surface area contributed by atoms with Crippen LogP contribution in [0.5, 0.6) is 11.5 Å². The minimum absolute atomic E-state index is 0.164. The third-order valence-corrected chi connectivity index (χ3v) is 3.72. The summed E-state index contributed by atoms with van der Waals surface area (Å²) in [6, 6.07) is 11.2. The second-order valence-electron chi connectivity index (χ2n) is 5.78. The zero-order valence-corrected chi connectivity index (χ0v) is 14.3. The van der Waals surface area contributed by atoms with Crippen molar-refractivity contribution in [3.8, 4) is 33.8 Å².